The molecule has 1 unspecified atom stereocenters. The molecule has 2 saturated carbocycles. The second-order valence-corrected chi connectivity index (χ2v) is 16.1. The second-order valence-electron chi connectivity index (χ2n) is 16.1. The Hall–Kier alpha value is -3.59. The number of aliphatic hydroxyl groups is 2. The predicted octanol–water partition coefficient (Wildman–Crippen LogP) is 2.85. The molecular weight excluding hydrogens is 671 g/mol. The Morgan fingerprint density at radius 2 is 1.77 bits per heavy atom. The van der Waals surface area contributed by atoms with Crippen molar-refractivity contribution >= 4 is 37.4 Å². The maximum absolute atomic E-state index is 15.3. The molecule has 1 aromatic carbocycles. The van der Waals surface area contributed by atoms with Gasteiger partial charge in [-0.15, -0.1) is 0 Å². The Morgan fingerprint density at radius 3 is 2.33 bits per heavy atom. The number of rotatable bonds is 10. The summed E-state index contributed by atoms with van der Waals surface area (Å²) >= 11 is 0. The van der Waals surface area contributed by atoms with E-state index in [0.29, 0.717) is 23.9 Å². The van der Waals surface area contributed by atoms with Gasteiger partial charge in [-0.2, -0.15) is 0 Å². The number of benzene rings is 1. The Bertz CT molecular complexity index is 1620. The number of aliphatic hydroxyl groups excluding tert-OH is 1. The lowest BCUT2D eigenvalue weighted by atomic mass is 9.40. The molecule has 5 rings (SSSR count). The summed E-state index contributed by atoms with van der Waals surface area (Å²) in [6.07, 6.45) is -4.40. The first-order valence-electron chi connectivity index (χ1n) is 18.1. The van der Waals surface area contributed by atoms with E-state index in [1.807, 2.05) is 13.8 Å². The molecule has 4 aliphatic rings. The number of nitrogens with one attached hydrogen (secondary N) is 1. The lowest BCUT2D eigenvalue weighted by Gasteiger charge is -2.68. The van der Waals surface area contributed by atoms with Crippen LogP contribution in [-0.4, -0.2) is 103 Å². The van der Waals surface area contributed by atoms with E-state index < -0.39 is 82.0 Å². The minimum absolute atomic E-state index is 0.0305. The molecule has 1 amide bonds. The van der Waals surface area contributed by atoms with Crippen LogP contribution >= 0.6 is 0 Å². The third-order valence-electron chi connectivity index (χ3n) is 12.7. The van der Waals surface area contributed by atoms with Crippen molar-refractivity contribution in [1.29, 1.82) is 0 Å². The van der Waals surface area contributed by atoms with Gasteiger partial charge >= 0.3 is 18.0 Å². The molecule has 0 spiro atoms. The summed E-state index contributed by atoms with van der Waals surface area (Å²) in [5.74, 6) is -4.30. The number of carbonyl (C=O) groups is 5. The highest BCUT2D eigenvalue weighted by Gasteiger charge is 2.74. The van der Waals surface area contributed by atoms with Gasteiger partial charge in [0.15, 0.2) is 12.2 Å². The molecule has 14 heteroatoms. The summed E-state index contributed by atoms with van der Waals surface area (Å²) in [4.78, 5) is 67.9. The first kappa shape index (κ1) is 39.6. The van der Waals surface area contributed by atoms with E-state index in [-0.39, 0.29) is 44.3 Å². The fraction of sp³-hybridized carbons (Fsp3) is 0.658. The van der Waals surface area contributed by atoms with Crippen molar-refractivity contribution in [3.8, 4) is 0 Å². The van der Waals surface area contributed by atoms with Gasteiger partial charge in [0.2, 0.25) is 0 Å². The van der Waals surface area contributed by atoms with Crippen LogP contribution in [0.4, 0.5) is 4.79 Å². The number of hydrogen-bond donors (Lipinski definition) is 3. The normalized spacial score (nSPS) is 35.9. The minimum atomic E-state index is -1.80. The van der Waals surface area contributed by atoms with Crippen LogP contribution in [0.1, 0.15) is 79.3 Å². The molecular formula is C38H53BN2O11. The number of amides is 1. The summed E-state index contributed by atoms with van der Waals surface area (Å²) in [5.41, 5.74) is -3.95. The van der Waals surface area contributed by atoms with Crippen LogP contribution in [0, 0.1) is 34.0 Å². The van der Waals surface area contributed by atoms with Crippen LogP contribution in [0.2, 0.25) is 0 Å². The highest BCUT2D eigenvalue weighted by atomic mass is 16.6. The van der Waals surface area contributed by atoms with Gasteiger partial charge < -0.3 is 44.1 Å². The first-order chi connectivity index (χ1) is 24.3. The summed E-state index contributed by atoms with van der Waals surface area (Å²) in [7, 11) is 2.97. The summed E-state index contributed by atoms with van der Waals surface area (Å²) in [5, 5.41) is 27.5. The van der Waals surface area contributed by atoms with Crippen molar-refractivity contribution in [2.45, 2.75) is 104 Å². The quantitative estimate of drug-likeness (QED) is 0.139. The van der Waals surface area contributed by atoms with E-state index in [2.05, 4.69) is 5.23 Å². The average molecular weight is 725 g/mol. The van der Waals surface area contributed by atoms with Gasteiger partial charge in [-0.05, 0) is 29.9 Å². The van der Waals surface area contributed by atoms with E-state index in [1.54, 1.807) is 79.0 Å². The monoisotopic (exact) mass is 724 g/mol. The molecule has 52 heavy (non-hydrogen) atoms. The zero-order chi connectivity index (χ0) is 38.6. The van der Waals surface area contributed by atoms with Crippen molar-refractivity contribution in [2.24, 2.45) is 34.0 Å². The molecule has 3 aliphatic carbocycles. The van der Waals surface area contributed by atoms with Crippen LogP contribution in [0.25, 0.3) is 0 Å². The van der Waals surface area contributed by atoms with Crippen LogP contribution in [0.5, 0.6) is 0 Å². The number of ketones is 1. The second kappa shape index (κ2) is 14.3. The highest BCUT2D eigenvalue weighted by Crippen LogP contribution is 2.68. The number of fused-ring (bicyclic) bond motifs is 5. The van der Waals surface area contributed by atoms with Crippen molar-refractivity contribution < 1.29 is 53.1 Å². The van der Waals surface area contributed by atoms with Crippen molar-refractivity contribution in [2.75, 3.05) is 20.7 Å². The highest BCUT2D eigenvalue weighted by molar-refractivity contribution is 6.64. The molecule has 13 nitrogen and oxygen atoms in total. The lowest BCUT2D eigenvalue weighted by molar-refractivity contribution is -0.301. The largest absolute Gasteiger partial charge is 0.452 e. The van der Waals surface area contributed by atoms with Crippen LogP contribution in [-0.2, 0) is 38.1 Å². The molecule has 1 aromatic rings. The summed E-state index contributed by atoms with van der Waals surface area (Å²) in [6.45, 7) is 12.9. The van der Waals surface area contributed by atoms with Gasteiger partial charge in [0.1, 0.15) is 17.6 Å². The third-order valence-corrected chi connectivity index (χ3v) is 12.7. The van der Waals surface area contributed by atoms with Gasteiger partial charge in [0, 0.05) is 50.1 Å². The Kier molecular flexibility index (Phi) is 10.9. The fourth-order valence-corrected chi connectivity index (χ4v) is 9.95. The first-order valence-corrected chi connectivity index (χ1v) is 18.1. The van der Waals surface area contributed by atoms with Gasteiger partial charge in [-0.25, -0.2) is 9.59 Å². The summed E-state index contributed by atoms with van der Waals surface area (Å²) in [6, 6.07) is 7.58. The van der Waals surface area contributed by atoms with Gasteiger partial charge in [0.05, 0.1) is 36.0 Å². The number of hydrogen-bond acceptors (Lipinski definition) is 12. The fourth-order valence-electron chi connectivity index (χ4n) is 9.95. The van der Waals surface area contributed by atoms with E-state index in [4.69, 9.17) is 18.9 Å². The van der Waals surface area contributed by atoms with Gasteiger partial charge in [-0.1, -0.05) is 71.9 Å². The van der Waals surface area contributed by atoms with Crippen molar-refractivity contribution in [1.82, 2.24) is 10.1 Å². The molecule has 1 aliphatic heterocycles. The smallest absolute Gasteiger partial charge is 0.409 e. The number of ether oxygens (including phenoxy) is 4. The van der Waals surface area contributed by atoms with Gasteiger partial charge in [0.25, 0.3) is 7.41 Å². The minimum Gasteiger partial charge on any atom is -0.452 e. The van der Waals surface area contributed by atoms with Gasteiger partial charge in [-0.3, -0.25) is 9.59 Å². The number of nitrogens with zero attached hydrogens (tertiary/aromatic N) is 1. The van der Waals surface area contributed by atoms with E-state index >= 15 is 4.79 Å². The summed E-state index contributed by atoms with van der Waals surface area (Å²) < 4.78 is 24.1. The molecule has 1 heterocycles. The van der Waals surface area contributed by atoms with Crippen LogP contribution < -0.4 is 5.23 Å². The lowest BCUT2D eigenvalue weighted by Crippen LogP contribution is -2.75. The van der Waals surface area contributed by atoms with E-state index in [1.165, 1.54) is 4.90 Å². The van der Waals surface area contributed by atoms with Crippen LogP contribution in [0.15, 0.2) is 41.7 Å². The molecule has 11 atom stereocenters. The molecule has 0 aromatic heterocycles. The molecule has 284 valence electrons. The SMILES string of the molecule is CCC(=O)OC1=C2[C@@H](C)C(=O)[C@]3(C)[C@@H](OC(=O)N(C)C)C[C@H]4OC[C@@]4(C)[C@H]3[C@H](C)[C@](O)(CC1OC(=O)[C@H](O)[C@@H](NBC=O)c1ccccc1)C2(C)C. The molecule has 0 radical (unpaired) electrons. The maximum Gasteiger partial charge on any atom is 0.409 e. The third kappa shape index (κ3) is 6.18. The Balaban J connectivity index is 1.66. The maximum atomic E-state index is 15.3. The molecule has 3 fully saturated rings. The molecule has 2 bridgehead atoms. The van der Waals surface area contributed by atoms with Crippen molar-refractivity contribution in [3.05, 3.63) is 47.2 Å². The van der Waals surface area contributed by atoms with E-state index in [9.17, 15) is 29.4 Å². The Labute approximate surface area is 306 Å². The van der Waals surface area contributed by atoms with E-state index in [0.717, 1.165) is 0 Å². The molecule has 3 N–H and O–H groups in total. The topological polar surface area (TPSA) is 178 Å². The number of esters is 2. The average Bonchev–Trinajstić information content (AvgIpc) is 3.10. The van der Waals surface area contributed by atoms with Crippen LogP contribution in [0.3, 0.4) is 0 Å². The standard InChI is InChI=1S/C38H53BN2O11/c1-10-26(43)52-30-23(50-33(46)29(44)28(40-39-19-42)22-14-12-11-13-15-22)17-38(48)21(3)31-36(6)18-49-24(36)16-25(51-34(47)41(8)9)37(31,7)32(45)20(2)27(30)35(38,4)5/h11-15,19-21,23-25,28-29,31,39-40,44,48H,10,16-18H2,1-9H3/t20-,21+,23?,24-,25+,28+,29-,31-,36-,37-,38-/m1/s1. The number of Topliss-reactive ketones (excluding diaryl/α,β-unsaturated/α-hetero) is 1. The zero-order valence-electron chi connectivity index (χ0n) is 31.6. The Morgan fingerprint density at radius 1 is 1.12 bits per heavy atom. The zero-order valence-corrected chi connectivity index (χ0v) is 31.6. The van der Waals surface area contributed by atoms with Crippen molar-refractivity contribution in [3.63, 3.8) is 0 Å². The predicted molar refractivity (Wildman–Crippen MR) is 190 cm³/mol. The number of carbonyl (C=O) groups excluding carboxylic acids is 5. The molecule has 1 saturated heterocycles.